The second kappa shape index (κ2) is 2.19. The Bertz CT molecular complexity index is 355. The second-order valence-electron chi connectivity index (χ2n) is 1.89. The zero-order valence-corrected chi connectivity index (χ0v) is 7.19. The zero-order valence-electron chi connectivity index (χ0n) is 5.03. The summed E-state index contributed by atoms with van der Waals surface area (Å²) < 4.78 is 3.06. The lowest BCUT2D eigenvalue weighted by atomic mass is 10.7. The molecule has 10 heavy (non-hydrogen) atoms. The first-order chi connectivity index (χ1) is 4.88. The fourth-order valence-electron chi connectivity index (χ4n) is 0.819. The Morgan fingerprint density at radius 3 is 3.10 bits per heavy atom. The van der Waals surface area contributed by atoms with E-state index in [0.29, 0.717) is 0 Å². The van der Waals surface area contributed by atoms with Crippen molar-refractivity contribution in [2.24, 2.45) is 0 Å². The first-order valence-electron chi connectivity index (χ1n) is 2.80. The van der Waals surface area contributed by atoms with Crippen LogP contribution >= 0.6 is 22.6 Å². The van der Waals surface area contributed by atoms with Crippen LogP contribution in [-0.2, 0) is 0 Å². The third-order valence-corrected chi connectivity index (χ3v) is 2.07. The molecule has 0 radical (unpaired) electrons. The van der Waals surface area contributed by atoms with Crippen LogP contribution < -0.4 is 0 Å². The molecule has 0 bridgehead atoms. The van der Waals surface area contributed by atoms with Crippen LogP contribution in [0.4, 0.5) is 0 Å². The molecule has 4 heteroatoms. The van der Waals surface area contributed by atoms with Gasteiger partial charge < -0.3 is 0 Å². The topological polar surface area (TPSA) is 30.2 Å². The first-order valence-corrected chi connectivity index (χ1v) is 3.88. The molecule has 0 saturated heterocycles. The van der Waals surface area contributed by atoms with E-state index in [1.807, 2.05) is 10.6 Å². The lowest BCUT2D eigenvalue weighted by Crippen LogP contribution is -1.89. The number of nitrogens with zero attached hydrogens (tertiary/aromatic N) is 3. The van der Waals surface area contributed by atoms with Crippen molar-refractivity contribution in [3.63, 3.8) is 0 Å². The van der Waals surface area contributed by atoms with Crippen molar-refractivity contribution in [1.82, 2.24) is 14.4 Å². The van der Waals surface area contributed by atoms with Crippen LogP contribution in [0.5, 0.6) is 0 Å². The summed E-state index contributed by atoms with van der Waals surface area (Å²) >= 11 is 2.22. The van der Waals surface area contributed by atoms with E-state index in [2.05, 4.69) is 32.6 Å². The van der Waals surface area contributed by atoms with Gasteiger partial charge in [-0.15, -0.1) is 0 Å². The summed E-state index contributed by atoms with van der Waals surface area (Å²) in [4.78, 5) is 8.07. The van der Waals surface area contributed by atoms with Gasteiger partial charge in [0.15, 0.2) is 5.65 Å². The molecule has 50 valence electrons. The molecule has 0 fully saturated rings. The van der Waals surface area contributed by atoms with Gasteiger partial charge in [0.1, 0.15) is 3.70 Å². The van der Waals surface area contributed by atoms with Crippen LogP contribution in [0.2, 0.25) is 0 Å². The Morgan fingerprint density at radius 1 is 1.40 bits per heavy atom. The number of rotatable bonds is 0. The lowest BCUT2D eigenvalue weighted by molar-refractivity contribution is 1.08. The van der Waals surface area contributed by atoms with Gasteiger partial charge in [0.05, 0.1) is 12.4 Å². The van der Waals surface area contributed by atoms with E-state index in [1.165, 1.54) is 0 Å². The molecule has 2 aromatic rings. The van der Waals surface area contributed by atoms with Crippen LogP contribution in [0.1, 0.15) is 0 Å². The van der Waals surface area contributed by atoms with E-state index in [9.17, 15) is 0 Å². The molecule has 0 spiro atoms. The number of fused-ring (bicyclic) bond motifs is 1. The minimum absolute atomic E-state index is 0.895. The number of aromatic nitrogens is 3. The van der Waals surface area contributed by atoms with Crippen molar-refractivity contribution in [3.05, 3.63) is 28.5 Å². The molecule has 0 aliphatic carbocycles. The fourth-order valence-corrected chi connectivity index (χ4v) is 1.39. The van der Waals surface area contributed by atoms with Crippen molar-refractivity contribution in [1.29, 1.82) is 0 Å². The smallest absolute Gasteiger partial charge is 0.156 e. The summed E-state index contributed by atoms with van der Waals surface area (Å²) in [5, 5.41) is 0. The van der Waals surface area contributed by atoms with E-state index in [-0.39, 0.29) is 0 Å². The standard InChI is InChI=1S/C6H4IN3/c7-5-3-8-4-6-9-1-2-10(5)6/h1-4H. The summed E-state index contributed by atoms with van der Waals surface area (Å²) in [6, 6.07) is 0. The van der Waals surface area contributed by atoms with Gasteiger partial charge >= 0.3 is 0 Å². The molecule has 2 aromatic heterocycles. The van der Waals surface area contributed by atoms with E-state index < -0.39 is 0 Å². The molecule has 0 unspecified atom stereocenters. The summed E-state index contributed by atoms with van der Waals surface area (Å²) in [7, 11) is 0. The summed E-state index contributed by atoms with van der Waals surface area (Å²) in [5.41, 5.74) is 0.895. The van der Waals surface area contributed by atoms with E-state index in [0.717, 1.165) is 9.35 Å². The lowest BCUT2D eigenvalue weighted by Gasteiger charge is -1.93. The van der Waals surface area contributed by atoms with Crippen molar-refractivity contribution in [2.75, 3.05) is 0 Å². The molecular formula is C6H4IN3. The van der Waals surface area contributed by atoms with Crippen molar-refractivity contribution in [2.45, 2.75) is 0 Å². The largest absolute Gasteiger partial charge is 0.292 e. The Labute approximate surface area is 71.3 Å². The Kier molecular flexibility index (Phi) is 1.33. The predicted octanol–water partition coefficient (Wildman–Crippen LogP) is 1.33. The van der Waals surface area contributed by atoms with Crippen molar-refractivity contribution < 1.29 is 0 Å². The SMILES string of the molecule is Ic1cncc2nccn12. The normalized spacial score (nSPS) is 10.5. The number of hydrogen-bond acceptors (Lipinski definition) is 2. The van der Waals surface area contributed by atoms with Crippen LogP contribution in [0, 0.1) is 3.70 Å². The minimum Gasteiger partial charge on any atom is -0.292 e. The van der Waals surface area contributed by atoms with Gasteiger partial charge in [-0.1, -0.05) is 0 Å². The minimum atomic E-state index is 0.895. The molecule has 0 amide bonds. The van der Waals surface area contributed by atoms with Crippen molar-refractivity contribution >= 4 is 28.2 Å². The van der Waals surface area contributed by atoms with Crippen LogP contribution in [0.15, 0.2) is 24.8 Å². The first kappa shape index (κ1) is 6.09. The van der Waals surface area contributed by atoms with Gasteiger partial charge in [0, 0.05) is 12.4 Å². The van der Waals surface area contributed by atoms with Crippen molar-refractivity contribution in [3.8, 4) is 0 Å². The molecule has 3 nitrogen and oxygen atoms in total. The summed E-state index contributed by atoms with van der Waals surface area (Å²) in [6.07, 6.45) is 7.22. The maximum absolute atomic E-state index is 4.08. The highest BCUT2D eigenvalue weighted by Gasteiger charge is 1.94. The third kappa shape index (κ3) is 0.792. The average Bonchev–Trinajstić information content (AvgIpc) is 2.36. The molecule has 0 aliphatic rings. The monoisotopic (exact) mass is 245 g/mol. The number of halogens is 1. The second-order valence-corrected chi connectivity index (χ2v) is 2.99. The maximum atomic E-state index is 4.08. The maximum Gasteiger partial charge on any atom is 0.156 e. The summed E-state index contributed by atoms with van der Waals surface area (Å²) in [6.45, 7) is 0. The average molecular weight is 245 g/mol. The van der Waals surface area contributed by atoms with Gasteiger partial charge in [-0.05, 0) is 22.6 Å². The van der Waals surface area contributed by atoms with Gasteiger partial charge in [-0.2, -0.15) is 0 Å². The van der Waals surface area contributed by atoms with E-state index >= 15 is 0 Å². The molecule has 0 atom stereocenters. The molecule has 0 aromatic carbocycles. The highest BCUT2D eigenvalue weighted by atomic mass is 127. The van der Waals surface area contributed by atoms with Crippen LogP contribution in [0.3, 0.4) is 0 Å². The highest BCUT2D eigenvalue weighted by molar-refractivity contribution is 14.1. The number of imidazole rings is 1. The molecule has 0 saturated carbocycles. The van der Waals surface area contributed by atoms with E-state index in [4.69, 9.17) is 0 Å². The fraction of sp³-hybridized carbons (Fsp3) is 0. The molecule has 2 heterocycles. The van der Waals surface area contributed by atoms with Gasteiger partial charge in [-0.25, -0.2) is 4.98 Å². The van der Waals surface area contributed by atoms with Gasteiger partial charge in [0.2, 0.25) is 0 Å². The Hall–Kier alpha value is -0.650. The zero-order chi connectivity index (χ0) is 6.97. The predicted molar refractivity (Wildman–Crippen MR) is 45.7 cm³/mol. The molecule has 0 N–H and O–H groups in total. The highest BCUT2D eigenvalue weighted by Crippen LogP contribution is 2.04. The molecule has 2 rings (SSSR count). The van der Waals surface area contributed by atoms with Crippen LogP contribution in [-0.4, -0.2) is 14.4 Å². The quantitative estimate of drug-likeness (QED) is 0.655. The number of hydrogen-bond donors (Lipinski definition) is 0. The molecule has 0 aliphatic heterocycles. The molecular weight excluding hydrogens is 241 g/mol. The van der Waals surface area contributed by atoms with Gasteiger partial charge in [0.25, 0.3) is 0 Å². The van der Waals surface area contributed by atoms with Gasteiger partial charge in [-0.3, -0.25) is 9.38 Å². The Morgan fingerprint density at radius 2 is 2.30 bits per heavy atom. The van der Waals surface area contributed by atoms with E-state index in [1.54, 1.807) is 18.6 Å². The van der Waals surface area contributed by atoms with Crippen LogP contribution in [0.25, 0.3) is 5.65 Å². The third-order valence-electron chi connectivity index (χ3n) is 1.27. The summed E-state index contributed by atoms with van der Waals surface area (Å²) in [5.74, 6) is 0. The Balaban J connectivity index is 2.95.